The van der Waals surface area contributed by atoms with Crippen LogP contribution in [0, 0.1) is 0 Å². The maximum Gasteiger partial charge on any atom is 0.416 e. The number of fused-ring (bicyclic) bond motifs is 1. The molecule has 2 aromatic rings. The second kappa shape index (κ2) is 7.53. The van der Waals surface area contributed by atoms with Gasteiger partial charge in [0.1, 0.15) is 5.75 Å². The van der Waals surface area contributed by atoms with Gasteiger partial charge in [0.2, 0.25) is 5.91 Å². The molecule has 28 heavy (non-hydrogen) atoms. The molecule has 0 aliphatic carbocycles. The van der Waals surface area contributed by atoms with Crippen molar-refractivity contribution in [2.45, 2.75) is 26.4 Å². The number of hydrogen-bond acceptors (Lipinski definition) is 3. The summed E-state index contributed by atoms with van der Waals surface area (Å²) in [7, 11) is 0. The van der Waals surface area contributed by atoms with Crippen molar-refractivity contribution in [2.24, 2.45) is 0 Å². The van der Waals surface area contributed by atoms with Crippen molar-refractivity contribution < 1.29 is 27.5 Å². The Morgan fingerprint density at radius 1 is 1.18 bits per heavy atom. The summed E-state index contributed by atoms with van der Waals surface area (Å²) in [6, 6.07) is 7.83. The van der Waals surface area contributed by atoms with Crippen LogP contribution in [0.2, 0.25) is 0 Å². The van der Waals surface area contributed by atoms with Crippen molar-refractivity contribution in [3.05, 3.63) is 53.1 Å². The Balaban J connectivity index is 1.88. The number of benzene rings is 2. The van der Waals surface area contributed by atoms with E-state index in [1.165, 1.54) is 13.0 Å². The van der Waals surface area contributed by atoms with Gasteiger partial charge in [-0.3, -0.25) is 9.59 Å². The zero-order valence-electron chi connectivity index (χ0n) is 15.4. The molecule has 0 atom stereocenters. The highest BCUT2D eigenvalue weighted by atomic mass is 19.4. The number of amides is 2. The summed E-state index contributed by atoms with van der Waals surface area (Å²) >= 11 is 0. The predicted molar refractivity (Wildman–Crippen MR) is 98.7 cm³/mol. The molecule has 0 saturated heterocycles. The molecule has 0 unspecified atom stereocenters. The molecule has 2 aromatic carbocycles. The Kier molecular flexibility index (Phi) is 5.31. The van der Waals surface area contributed by atoms with E-state index in [0.29, 0.717) is 18.5 Å². The molecular formula is C20H19F3N2O3. The lowest BCUT2D eigenvalue weighted by atomic mass is 10.1. The number of alkyl halides is 3. The van der Waals surface area contributed by atoms with E-state index in [2.05, 4.69) is 5.32 Å². The molecule has 0 bridgehead atoms. The van der Waals surface area contributed by atoms with Crippen LogP contribution >= 0.6 is 0 Å². The van der Waals surface area contributed by atoms with E-state index in [1.54, 1.807) is 30.0 Å². The maximum atomic E-state index is 13.0. The van der Waals surface area contributed by atoms with Crippen LogP contribution in [0.5, 0.6) is 5.75 Å². The molecule has 0 radical (unpaired) electrons. The molecule has 5 nitrogen and oxygen atoms in total. The Bertz CT molecular complexity index is 925. The highest BCUT2D eigenvalue weighted by Gasteiger charge is 2.31. The predicted octanol–water partition coefficient (Wildman–Crippen LogP) is 4.27. The van der Waals surface area contributed by atoms with E-state index < -0.39 is 17.6 Å². The third-order valence-corrected chi connectivity index (χ3v) is 4.47. The van der Waals surface area contributed by atoms with Crippen LogP contribution in [0.25, 0.3) is 0 Å². The second-order valence-electron chi connectivity index (χ2n) is 6.36. The van der Waals surface area contributed by atoms with E-state index >= 15 is 0 Å². The molecule has 1 N–H and O–H groups in total. The summed E-state index contributed by atoms with van der Waals surface area (Å²) in [5.74, 6) is -0.474. The zero-order valence-corrected chi connectivity index (χ0v) is 15.4. The number of carbonyl (C=O) groups excluding carboxylic acids is 2. The third-order valence-electron chi connectivity index (χ3n) is 4.47. The van der Waals surface area contributed by atoms with Crippen molar-refractivity contribution in [2.75, 3.05) is 23.4 Å². The lowest BCUT2D eigenvalue weighted by Crippen LogP contribution is -2.25. The van der Waals surface area contributed by atoms with Gasteiger partial charge in [-0.25, -0.2) is 0 Å². The number of ether oxygens (including phenoxy) is 1. The first-order valence-corrected chi connectivity index (χ1v) is 8.77. The summed E-state index contributed by atoms with van der Waals surface area (Å²) in [5, 5.41) is 2.50. The minimum Gasteiger partial charge on any atom is -0.492 e. The first kappa shape index (κ1) is 19.7. The van der Waals surface area contributed by atoms with Gasteiger partial charge in [0.05, 0.1) is 17.9 Å². The van der Waals surface area contributed by atoms with Gasteiger partial charge in [0.15, 0.2) is 0 Å². The van der Waals surface area contributed by atoms with Gasteiger partial charge in [-0.15, -0.1) is 0 Å². The standard InChI is InChI=1S/C20H19F3N2O3/c1-3-28-18-7-5-15(20(21,22)23)11-16(18)24-19(27)14-4-6-17-13(10-14)8-9-25(17)12(2)26/h4-7,10-11H,3,8-9H2,1-2H3,(H,24,27). The second-order valence-corrected chi connectivity index (χ2v) is 6.36. The first-order chi connectivity index (χ1) is 13.2. The van der Waals surface area contributed by atoms with Crippen LogP contribution in [0.15, 0.2) is 36.4 Å². The summed E-state index contributed by atoms with van der Waals surface area (Å²) < 4.78 is 44.4. The fraction of sp³-hybridized carbons (Fsp3) is 0.300. The molecule has 0 fully saturated rings. The fourth-order valence-electron chi connectivity index (χ4n) is 3.15. The fourth-order valence-corrected chi connectivity index (χ4v) is 3.15. The van der Waals surface area contributed by atoms with Crippen molar-refractivity contribution in [3.8, 4) is 5.75 Å². The molecule has 148 valence electrons. The van der Waals surface area contributed by atoms with Crippen LogP contribution < -0.4 is 15.0 Å². The lowest BCUT2D eigenvalue weighted by Gasteiger charge is -2.16. The lowest BCUT2D eigenvalue weighted by molar-refractivity contribution is -0.137. The number of nitrogens with zero attached hydrogens (tertiary/aromatic N) is 1. The monoisotopic (exact) mass is 392 g/mol. The van der Waals surface area contributed by atoms with E-state index in [-0.39, 0.29) is 24.0 Å². The molecule has 8 heteroatoms. The van der Waals surface area contributed by atoms with Crippen LogP contribution in [0.3, 0.4) is 0 Å². The molecule has 1 aliphatic heterocycles. The summed E-state index contributed by atoms with van der Waals surface area (Å²) in [6.07, 6.45) is -3.92. The molecule has 1 heterocycles. The largest absolute Gasteiger partial charge is 0.492 e. The van der Waals surface area contributed by atoms with Gasteiger partial charge in [-0.05, 0) is 55.3 Å². The van der Waals surface area contributed by atoms with E-state index in [4.69, 9.17) is 4.74 Å². The summed E-state index contributed by atoms with van der Waals surface area (Å²) in [5.41, 5.74) is 0.962. The number of carbonyl (C=O) groups is 2. The smallest absolute Gasteiger partial charge is 0.416 e. The van der Waals surface area contributed by atoms with Gasteiger partial charge in [0.25, 0.3) is 5.91 Å². The van der Waals surface area contributed by atoms with Gasteiger partial charge < -0.3 is 15.0 Å². The van der Waals surface area contributed by atoms with Gasteiger partial charge in [-0.2, -0.15) is 13.2 Å². The van der Waals surface area contributed by atoms with Crippen molar-refractivity contribution >= 4 is 23.2 Å². The number of nitrogens with one attached hydrogen (secondary N) is 1. The average molecular weight is 392 g/mol. The topological polar surface area (TPSA) is 58.6 Å². The number of anilines is 2. The molecular weight excluding hydrogens is 373 g/mol. The van der Waals surface area contributed by atoms with E-state index in [0.717, 1.165) is 23.4 Å². The van der Waals surface area contributed by atoms with Crippen LogP contribution in [0.1, 0.15) is 35.3 Å². The van der Waals surface area contributed by atoms with Gasteiger partial charge >= 0.3 is 6.18 Å². The van der Waals surface area contributed by atoms with E-state index in [9.17, 15) is 22.8 Å². The quantitative estimate of drug-likeness (QED) is 0.846. The Hall–Kier alpha value is -3.03. The SMILES string of the molecule is CCOc1ccc(C(F)(F)F)cc1NC(=O)c1ccc2c(c1)CCN2C(C)=O. The number of hydrogen-bond donors (Lipinski definition) is 1. The van der Waals surface area contributed by atoms with Crippen LogP contribution in [-0.2, 0) is 17.4 Å². The number of rotatable bonds is 4. The molecule has 2 amide bonds. The average Bonchev–Trinajstić information content (AvgIpc) is 3.05. The van der Waals surface area contributed by atoms with Crippen LogP contribution in [0.4, 0.5) is 24.5 Å². The zero-order chi connectivity index (χ0) is 20.5. The van der Waals surface area contributed by atoms with Crippen molar-refractivity contribution in [1.29, 1.82) is 0 Å². The van der Waals surface area contributed by atoms with Gasteiger partial charge in [0, 0.05) is 24.7 Å². The number of halogens is 3. The van der Waals surface area contributed by atoms with Crippen molar-refractivity contribution in [1.82, 2.24) is 0 Å². The highest BCUT2D eigenvalue weighted by molar-refractivity contribution is 6.06. The Labute approximate surface area is 160 Å². The molecule has 0 aromatic heterocycles. The normalized spacial score (nSPS) is 13.2. The minimum atomic E-state index is -4.53. The summed E-state index contributed by atoms with van der Waals surface area (Å²) in [4.78, 5) is 25.9. The minimum absolute atomic E-state index is 0.0486. The third kappa shape index (κ3) is 3.95. The Morgan fingerprint density at radius 2 is 1.93 bits per heavy atom. The van der Waals surface area contributed by atoms with Gasteiger partial charge in [-0.1, -0.05) is 0 Å². The Morgan fingerprint density at radius 3 is 2.57 bits per heavy atom. The highest BCUT2D eigenvalue weighted by Crippen LogP contribution is 2.35. The maximum absolute atomic E-state index is 13.0. The van der Waals surface area contributed by atoms with Crippen molar-refractivity contribution in [3.63, 3.8) is 0 Å². The van der Waals surface area contributed by atoms with E-state index in [1.807, 2.05) is 0 Å². The first-order valence-electron chi connectivity index (χ1n) is 8.77. The van der Waals surface area contributed by atoms with Crippen LogP contribution in [-0.4, -0.2) is 25.0 Å². The molecule has 0 saturated carbocycles. The molecule has 1 aliphatic rings. The summed E-state index contributed by atoms with van der Waals surface area (Å²) in [6.45, 7) is 3.95. The molecule has 3 rings (SSSR count). The molecule has 0 spiro atoms.